The fourth-order valence-electron chi connectivity index (χ4n) is 1.43. The molecule has 0 bridgehead atoms. The van der Waals surface area contributed by atoms with E-state index in [1.807, 2.05) is 30.3 Å². The van der Waals surface area contributed by atoms with Crippen molar-refractivity contribution < 1.29 is 14.6 Å². The molecule has 0 radical (unpaired) electrons. The highest BCUT2D eigenvalue weighted by molar-refractivity contribution is 5.75. The topological polar surface area (TPSA) is 58.6 Å². The molecule has 2 unspecified atom stereocenters. The molecule has 4 heteroatoms. The molecule has 0 aliphatic heterocycles. The SMILES string of the molecule is CCOC(=O)C(C)NCC(O)c1ccccc1. The van der Waals surface area contributed by atoms with Gasteiger partial charge in [-0.2, -0.15) is 0 Å². The second kappa shape index (κ2) is 7.04. The minimum Gasteiger partial charge on any atom is -0.465 e. The molecule has 0 saturated heterocycles. The number of esters is 1. The van der Waals surface area contributed by atoms with Crippen molar-refractivity contribution in [2.45, 2.75) is 26.0 Å². The number of carbonyl (C=O) groups is 1. The first-order valence-corrected chi connectivity index (χ1v) is 5.78. The maximum absolute atomic E-state index is 11.3. The lowest BCUT2D eigenvalue weighted by atomic mass is 10.1. The molecule has 4 nitrogen and oxygen atoms in total. The van der Waals surface area contributed by atoms with Crippen LogP contribution in [-0.2, 0) is 9.53 Å². The van der Waals surface area contributed by atoms with Gasteiger partial charge in [-0.05, 0) is 19.4 Å². The number of aliphatic hydroxyl groups is 1. The van der Waals surface area contributed by atoms with E-state index < -0.39 is 12.1 Å². The molecule has 1 aromatic carbocycles. The Labute approximate surface area is 102 Å². The molecule has 2 N–H and O–H groups in total. The minimum absolute atomic E-state index is 0.298. The van der Waals surface area contributed by atoms with Gasteiger partial charge in [0.05, 0.1) is 12.7 Å². The number of benzene rings is 1. The molecule has 0 amide bonds. The van der Waals surface area contributed by atoms with Crippen molar-refractivity contribution in [3.63, 3.8) is 0 Å². The van der Waals surface area contributed by atoms with Crippen molar-refractivity contribution >= 4 is 5.97 Å². The maximum Gasteiger partial charge on any atom is 0.322 e. The van der Waals surface area contributed by atoms with Crippen molar-refractivity contribution in [3.8, 4) is 0 Å². The molecular weight excluding hydrogens is 218 g/mol. The van der Waals surface area contributed by atoms with Crippen LogP contribution in [0.2, 0.25) is 0 Å². The third-order valence-electron chi connectivity index (χ3n) is 2.44. The van der Waals surface area contributed by atoms with Crippen molar-refractivity contribution in [1.29, 1.82) is 0 Å². The molecule has 17 heavy (non-hydrogen) atoms. The van der Waals surface area contributed by atoms with Gasteiger partial charge in [-0.15, -0.1) is 0 Å². The number of aliphatic hydroxyl groups excluding tert-OH is 1. The Morgan fingerprint density at radius 2 is 2.06 bits per heavy atom. The minimum atomic E-state index is -0.618. The van der Waals surface area contributed by atoms with E-state index in [1.54, 1.807) is 13.8 Å². The summed E-state index contributed by atoms with van der Waals surface area (Å²) in [7, 11) is 0. The Morgan fingerprint density at radius 3 is 2.65 bits per heavy atom. The lowest BCUT2D eigenvalue weighted by molar-refractivity contribution is -0.145. The van der Waals surface area contributed by atoms with Gasteiger partial charge in [-0.3, -0.25) is 4.79 Å². The van der Waals surface area contributed by atoms with Crippen molar-refractivity contribution in [1.82, 2.24) is 5.32 Å². The maximum atomic E-state index is 11.3. The number of nitrogens with one attached hydrogen (secondary N) is 1. The molecule has 2 atom stereocenters. The van der Waals surface area contributed by atoms with Crippen LogP contribution in [0.25, 0.3) is 0 Å². The van der Waals surface area contributed by atoms with E-state index in [0.717, 1.165) is 5.56 Å². The van der Waals surface area contributed by atoms with Gasteiger partial charge in [0, 0.05) is 6.54 Å². The number of carbonyl (C=O) groups excluding carboxylic acids is 1. The van der Waals surface area contributed by atoms with Crippen LogP contribution in [0, 0.1) is 0 Å². The lowest BCUT2D eigenvalue weighted by Crippen LogP contribution is -2.37. The summed E-state index contributed by atoms with van der Waals surface area (Å²) in [5.74, 6) is -0.298. The van der Waals surface area contributed by atoms with E-state index in [1.165, 1.54) is 0 Å². The van der Waals surface area contributed by atoms with E-state index in [-0.39, 0.29) is 5.97 Å². The van der Waals surface area contributed by atoms with Gasteiger partial charge in [0.1, 0.15) is 6.04 Å². The van der Waals surface area contributed by atoms with E-state index in [2.05, 4.69) is 5.32 Å². The van der Waals surface area contributed by atoms with Gasteiger partial charge in [0.25, 0.3) is 0 Å². The van der Waals surface area contributed by atoms with Crippen LogP contribution in [0.1, 0.15) is 25.5 Å². The first-order valence-electron chi connectivity index (χ1n) is 5.78. The Hall–Kier alpha value is -1.39. The zero-order valence-corrected chi connectivity index (χ0v) is 10.2. The number of hydrogen-bond acceptors (Lipinski definition) is 4. The monoisotopic (exact) mass is 237 g/mol. The highest BCUT2D eigenvalue weighted by Crippen LogP contribution is 2.10. The van der Waals surface area contributed by atoms with Crippen molar-refractivity contribution in [3.05, 3.63) is 35.9 Å². The van der Waals surface area contributed by atoms with Crippen LogP contribution >= 0.6 is 0 Å². The van der Waals surface area contributed by atoms with Gasteiger partial charge < -0.3 is 15.2 Å². The molecule has 0 fully saturated rings. The summed E-state index contributed by atoms with van der Waals surface area (Å²) in [4.78, 5) is 11.3. The normalized spacial score (nSPS) is 14.1. The number of ether oxygens (including phenoxy) is 1. The van der Waals surface area contributed by atoms with Crippen LogP contribution < -0.4 is 5.32 Å². The molecule has 0 aliphatic rings. The third kappa shape index (κ3) is 4.54. The third-order valence-corrected chi connectivity index (χ3v) is 2.44. The van der Waals surface area contributed by atoms with Crippen LogP contribution in [0.15, 0.2) is 30.3 Å². The zero-order chi connectivity index (χ0) is 12.7. The van der Waals surface area contributed by atoms with Crippen LogP contribution in [0.4, 0.5) is 0 Å². The molecule has 0 aromatic heterocycles. The lowest BCUT2D eigenvalue weighted by Gasteiger charge is -2.16. The van der Waals surface area contributed by atoms with Crippen molar-refractivity contribution in [2.24, 2.45) is 0 Å². The summed E-state index contributed by atoms with van der Waals surface area (Å²) in [5.41, 5.74) is 0.830. The Balaban J connectivity index is 2.38. The number of rotatable bonds is 6. The van der Waals surface area contributed by atoms with E-state index in [4.69, 9.17) is 4.74 Å². The Morgan fingerprint density at radius 1 is 1.41 bits per heavy atom. The summed E-state index contributed by atoms with van der Waals surface area (Å²) in [6, 6.07) is 8.92. The van der Waals surface area contributed by atoms with Crippen molar-refractivity contribution in [2.75, 3.05) is 13.2 Å². The summed E-state index contributed by atoms with van der Waals surface area (Å²) >= 11 is 0. The average Bonchev–Trinajstić information content (AvgIpc) is 2.36. The van der Waals surface area contributed by atoms with Crippen LogP contribution in [-0.4, -0.2) is 30.3 Å². The van der Waals surface area contributed by atoms with E-state index >= 15 is 0 Å². The fraction of sp³-hybridized carbons (Fsp3) is 0.462. The summed E-state index contributed by atoms with van der Waals surface area (Å²) < 4.78 is 4.86. The largest absolute Gasteiger partial charge is 0.465 e. The van der Waals surface area contributed by atoms with Crippen LogP contribution in [0.3, 0.4) is 0 Å². The highest BCUT2D eigenvalue weighted by atomic mass is 16.5. The summed E-state index contributed by atoms with van der Waals surface area (Å²) in [6.07, 6.45) is -0.618. The second-order valence-electron chi connectivity index (χ2n) is 3.81. The van der Waals surface area contributed by atoms with Gasteiger partial charge >= 0.3 is 5.97 Å². The van der Waals surface area contributed by atoms with Crippen LogP contribution in [0.5, 0.6) is 0 Å². The molecule has 1 aromatic rings. The van der Waals surface area contributed by atoms with E-state index in [0.29, 0.717) is 13.2 Å². The second-order valence-corrected chi connectivity index (χ2v) is 3.81. The summed E-state index contributed by atoms with van der Waals surface area (Å²) in [5, 5.41) is 12.8. The summed E-state index contributed by atoms with van der Waals surface area (Å²) in [6.45, 7) is 4.18. The van der Waals surface area contributed by atoms with Gasteiger partial charge in [0.2, 0.25) is 0 Å². The quantitative estimate of drug-likeness (QED) is 0.731. The molecule has 0 saturated carbocycles. The van der Waals surface area contributed by atoms with E-state index in [9.17, 15) is 9.90 Å². The standard InChI is InChI=1S/C13H19NO3/c1-3-17-13(16)10(2)14-9-12(15)11-7-5-4-6-8-11/h4-8,10,12,14-15H,3,9H2,1-2H3. The molecular formula is C13H19NO3. The highest BCUT2D eigenvalue weighted by Gasteiger charge is 2.15. The average molecular weight is 237 g/mol. The Kier molecular flexibility index (Phi) is 5.66. The van der Waals surface area contributed by atoms with Gasteiger partial charge in [-0.1, -0.05) is 30.3 Å². The zero-order valence-electron chi connectivity index (χ0n) is 10.2. The molecule has 0 heterocycles. The first-order chi connectivity index (χ1) is 8.15. The predicted molar refractivity (Wildman–Crippen MR) is 65.5 cm³/mol. The molecule has 0 aliphatic carbocycles. The fourth-order valence-corrected chi connectivity index (χ4v) is 1.43. The molecule has 94 valence electrons. The smallest absolute Gasteiger partial charge is 0.322 e. The predicted octanol–water partition coefficient (Wildman–Crippen LogP) is 1.26. The van der Waals surface area contributed by atoms with Gasteiger partial charge in [-0.25, -0.2) is 0 Å². The van der Waals surface area contributed by atoms with Gasteiger partial charge in [0.15, 0.2) is 0 Å². The molecule has 1 rings (SSSR count). The first kappa shape index (κ1) is 13.7. The molecule has 0 spiro atoms. The Bertz CT molecular complexity index is 340. The number of hydrogen-bond donors (Lipinski definition) is 2.